The van der Waals surface area contributed by atoms with Gasteiger partial charge in [-0.15, -0.1) is 0 Å². The van der Waals surface area contributed by atoms with Crippen LogP contribution in [0.3, 0.4) is 0 Å². The van der Waals surface area contributed by atoms with Crippen LogP contribution in [0.2, 0.25) is 0 Å². The summed E-state index contributed by atoms with van der Waals surface area (Å²) < 4.78 is 39.0. The van der Waals surface area contributed by atoms with Crippen molar-refractivity contribution in [2.24, 2.45) is 0 Å². The van der Waals surface area contributed by atoms with E-state index < -0.39 is 17.8 Å². The van der Waals surface area contributed by atoms with Gasteiger partial charge in [0.2, 0.25) is 0 Å². The van der Waals surface area contributed by atoms with Crippen LogP contribution in [0.1, 0.15) is 31.2 Å². The average molecular weight is 351 g/mol. The van der Waals surface area contributed by atoms with Crippen LogP contribution in [0.5, 0.6) is 0 Å². The maximum Gasteiger partial charge on any atom is 0.418 e. The molecule has 1 fully saturated rings. The fourth-order valence-corrected chi connectivity index (χ4v) is 2.64. The molecule has 0 spiro atoms. The molecule has 1 aromatic rings. The number of halogens is 4. The maximum absolute atomic E-state index is 12.9. The van der Waals surface area contributed by atoms with E-state index in [9.17, 15) is 18.0 Å². The molecule has 0 radical (unpaired) electrons. The smallest absolute Gasteiger partial charge is 0.335 e. The number of alkyl halides is 3. The van der Waals surface area contributed by atoms with Gasteiger partial charge in [-0.1, -0.05) is 28.8 Å². The number of anilines is 1. The predicted molar refractivity (Wildman–Crippen MR) is 73.6 cm³/mol. The van der Waals surface area contributed by atoms with Crippen LogP contribution in [0.15, 0.2) is 22.7 Å². The summed E-state index contributed by atoms with van der Waals surface area (Å²) >= 11 is 3.00. The van der Waals surface area contributed by atoms with Crippen molar-refractivity contribution in [2.75, 3.05) is 5.32 Å². The first-order valence-electron chi connectivity index (χ1n) is 6.30. The van der Waals surface area contributed by atoms with Gasteiger partial charge >= 0.3 is 12.2 Å². The lowest BCUT2D eigenvalue weighted by atomic mass is 10.1. The van der Waals surface area contributed by atoms with E-state index in [1.54, 1.807) is 0 Å². The molecule has 0 saturated heterocycles. The Morgan fingerprint density at radius 3 is 2.50 bits per heavy atom. The molecule has 1 aromatic carbocycles. The fourth-order valence-electron chi connectivity index (χ4n) is 2.27. The first kappa shape index (κ1) is 15.2. The lowest BCUT2D eigenvalue weighted by Crippen LogP contribution is -2.36. The van der Waals surface area contributed by atoms with Gasteiger partial charge < -0.3 is 10.6 Å². The monoisotopic (exact) mass is 350 g/mol. The molecule has 1 aliphatic carbocycles. The van der Waals surface area contributed by atoms with Crippen molar-refractivity contribution in [3.05, 3.63) is 28.2 Å². The van der Waals surface area contributed by atoms with Gasteiger partial charge in [0.25, 0.3) is 0 Å². The highest BCUT2D eigenvalue weighted by Crippen LogP contribution is 2.36. The normalized spacial score (nSPS) is 16.2. The molecule has 2 rings (SSSR count). The number of carbonyl (C=O) groups is 1. The first-order chi connectivity index (χ1) is 9.36. The molecule has 2 amide bonds. The third kappa shape index (κ3) is 3.88. The van der Waals surface area contributed by atoms with E-state index in [4.69, 9.17) is 0 Å². The Kier molecular flexibility index (Phi) is 4.57. The third-order valence-corrected chi connectivity index (χ3v) is 3.72. The van der Waals surface area contributed by atoms with Crippen molar-refractivity contribution >= 4 is 27.6 Å². The molecule has 0 aromatic heterocycles. The van der Waals surface area contributed by atoms with Gasteiger partial charge in [-0.2, -0.15) is 13.2 Å². The number of amides is 2. The highest BCUT2D eigenvalue weighted by atomic mass is 79.9. The van der Waals surface area contributed by atoms with Crippen molar-refractivity contribution in [3.8, 4) is 0 Å². The number of carbonyl (C=O) groups excluding carboxylic acids is 1. The minimum atomic E-state index is -4.51. The maximum atomic E-state index is 12.9. The summed E-state index contributed by atoms with van der Waals surface area (Å²) in [6.45, 7) is 0. The van der Waals surface area contributed by atoms with Gasteiger partial charge in [0.15, 0.2) is 0 Å². The molecule has 7 heteroatoms. The zero-order valence-electron chi connectivity index (χ0n) is 10.6. The van der Waals surface area contributed by atoms with Gasteiger partial charge in [-0.3, -0.25) is 0 Å². The highest BCUT2D eigenvalue weighted by Gasteiger charge is 2.34. The van der Waals surface area contributed by atoms with E-state index in [0.717, 1.165) is 31.7 Å². The van der Waals surface area contributed by atoms with Crippen LogP contribution in [0.4, 0.5) is 23.7 Å². The number of hydrogen-bond acceptors (Lipinski definition) is 1. The number of urea groups is 1. The van der Waals surface area contributed by atoms with Gasteiger partial charge in [0.05, 0.1) is 11.3 Å². The second-order valence-corrected chi connectivity index (χ2v) is 5.68. The Balaban J connectivity index is 2.10. The van der Waals surface area contributed by atoms with Crippen LogP contribution in [0, 0.1) is 0 Å². The summed E-state index contributed by atoms with van der Waals surface area (Å²) in [7, 11) is 0. The fraction of sp³-hybridized carbons (Fsp3) is 0.462. The summed E-state index contributed by atoms with van der Waals surface area (Å²) in [6, 6.07) is 3.11. The molecule has 1 saturated carbocycles. The predicted octanol–water partition coefficient (Wildman–Crippen LogP) is 4.53. The molecule has 3 nitrogen and oxygen atoms in total. The quantitative estimate of drug-likeness (QED) is 0.808. The Labute approximate surface area is 123 Å². The molecular weight excluding hydrogens is 337 g/mol. The molecule has 0 unspecified atom stereocenters. The van der Waals surface area contributed by atoms with Gasteiger partial charge in [0.1, 0.15) is 0 Å². The van der Waals surface area contributed by atoms with Crippen molar-refractivity contribution in [1.29, 1.82) is 0 Å². The van der Waals surface area contributed by atoms with E-state index in [1.807, 2.05) is 0 Å². The summed E-state index contributed by atoms with van der Waals surface area (Å²) in [6.07, 6.45) is -0.687. The lowest BCUT2D eigenvalue weighted by molar-refractivity contribution is -0.136. The molecule has 20 heavy (non-hydrogen) atoms. The van der Waals surface area contributed by atoms with Gasteiger partial charge in [0, 0.05) is 10.5 Å². The number of nitrogens with one attached hydrogen (secondary N) is 2. The SMILES string of the molecule is O=C(Nc1ccc(Br)cc1C(F)(F)F)NC1CCCC1. The van der Waals surface area contributed by atoms with Crippen molar-refractivity contribution in [2.45, 2.75) is 37.9 Å². The van der Waals surface area contributed by atoms with E-state index in [2.05, 4.69) is 26.6 Å². The molecular formula is C13H14BrF3N2O. The standard InChI is InChI=1S/C13H14BrF3N2O/c14-8-5-6-11(10(7-8)13(15,16)17)19-12(20)18-9-3-1-2-4-9/h5-7,9H,1-4H2,(H2,18,19,20). The molecule has 1 aliphatic rings. The molecule has 0 atom stereocenters. The Bertz CT molecular complexity index is 499. The molecule has 110 valence electrons. The topological polar surface area (TPSA) is 41.1 Å². The zero-order chi connectivity index (χ0) is 14.8. The average Bonchev–Trinajstić information content (AvgIpc) is 2.82. The Hall–Kier alpha value is -1.24. The Morgan fingerprint density at radius 2 is 1.90 bits per heavy atom. The minimum Gasteiger partial charge on any atom is -0.335 e. The molecule has 0 heterocycles. The van der Waals surface area contributed by atoms with E-state index in [-0.39, 0.29) is 11.7 Å². The zero-order valence-corrected chi connectivity index (χ0v) is 12.1. The summed E-state index contributed by atoms with van der Waals surface area (Å²) in [5.74, 6) is 0. The van der Waals surface area contributed by atoms with Crippen molar-refractivity contribution < 1.29 is 18.0 Å². The summed E-state index contributed by atoms with van der Waals surface area (Å²) in [4.78, 5) is 11.7. The minimum absolute atomic E-state index is 0.0554. The van der Waals surface area contributed by atoms with Gasteiger partial charge in [-0.25, -0.2) is 4.79 Å². The number of rotatable bonds is 2. The van der Waals surface area contributed by atoms with Crippen LogP contribution in [-0.4, -0.2) is 12.1 Å². The second kappa shape index (κ2) is 6.03. The van der Waals surface area contributed by atoms with E-state index >= 15 is 0 Å². The summed E-state index contributed by atoms with van der Waals surface area (Å²) in [5.41, 5.74) is -1.11. The van der Waals surface area contributed by atoms with Crippen molar-refractivity contribution in [3.63, 3.8) is 0 Å². The molecule has 0 aliphatic heterocycles. The number of hydrogen-bond donors (Lipinski definition) is 2. The first-order valence-corrected chi connectivity index (χ1v) is 7.10. The third-order valence-electron chi connectivity index (χ3n) is 3.23. The van der Waals surface area contributed by atoms with Crippen LogP contribution < -0.4 is 10.6 Å². The van der Waals surface area contributed by atoms with E-state index in [1.165, 1.54) is 12.1 Å². The van der Waals surface area contributed by atoms with Gasteiger partial charge in [-0.05, 0) is 31.0 Å². The van der Waals surface area contributed by atoms with E-state index in [0.29, 0.717) is 4.47 Å². The highest BCUT2D eigenvalue weighted by molar-refractivity contribution is 9.10. The second-order valence-electron chi connectivity index (χ2n) is 4.77. The van der Waals surface area contributed by atoms with Crippen LogP contribution in [0.25, 0.3) is 0 Å². The van der Waals surface area contributed by atoms with Crippen LogP contribution >= 0.6 is 15.9 Å². The molecule has 2 N–H and O–H groups in total. The van der Waals surface area contributed by atoms with Crippen molar-refractivity contribution in [1.82, 2.24) is 5.32 Å². The summed E-state index contributed by atoms with van der Waals surface area (Å²) in [5, 5.41) is 4.97. The largest absolute Gasteiger partial charge is 0.418 e. The number of benzene rings is 1. The lowest BCUT2D eigenvalue weighted by Gasteiger charge is -2.16. The van der Waals surface area contributed by atoms with Crippen LogP contribution in [-0.2, 0) is 6.18 Å². The molecule has 0 bridgehead atoms. The Morgan fingerprint density at radius 1 is 1.25 bits per heavy atom.